The molecule has 1 rings (SSSR count). The first-order valence-corrected chi connectivity index (χ1v) is 11.5. The first-order valence-electron chi connectivity index (χ1n) is 8.62. The van der Waals surface area contributed by atoms with Gasteiger partial charge in [-0.25, -0.2) is 4.79 Å². The molecule has 1 N–H and O–H groups in total. The molecule has 1 heterocycles. The Bertz CT molecular complexity index is 413. The number of piperazine rings is 1. The Hall–Kier alpha value is -0.593. The molecule has 2 atom stereocenters. The Morgan fingerprint density at radius 2 is 1.78 bits per heavy atom. The molecule has 0 radical (unpaired) electrons. The lowest BCUT2D eigenvalue weighted by atomic mass is 10.1. The van der Waals surface area contributed by atoms with Crippen molar-refractivity contribution in [2.75, 3.05) is 19.6 Å². The van der Waals surface area contributed by atoms with Gasteiger partial charge in [-0.3, -0.25) is 0 Å². The van der Waals surface area contributed by atoms with Crippen LogP contribution in [0.25, 0.3) is 0 Å². The number of carbonyl (C=O) groups excluding carboxylic acids is 1. The Kier molecular flexibility index (Phi) is 6.32. The molecule has 0 aromatic rings. The van der Waals surface area contributed by atoms with Gasteiger partial charge < -0.3 is 19.4 Å². The molecule has 136 valence electrons. The van der Waals surface area contributed by atoms with E-state index in [1.807, 2.05) is 20.8 Å². The molecule has 0 aromatic carbocycles. The fourth-order valence-electron chi connectivity index (χ4n) is 2.31. The lowest BCUT2D eigenvalue weighted by molar-refractivity contribution is 0.0135. The summed E-state index contributed by atoms with van der Waals surface area (Å²) in [6.45, 7) is 21.1. The van der Waals surface area contributed by atoms with E-state index in [1.54, 1.807) is 4.90 Å². The first kappa shape index (κ1) is 20.5. The van der Waals surface area contributed by atoms with E-state index in [2.05, 4.69) is 46.1 Å². The molecule has 0 aliphatic carbocycles. The summed E-state index contributed by atoms with van der Waals surface area (Å²) in [5.74, 6) is 0. The van der Waals surface area contributed by atoms with Gasteiger partial charge in [0.2, 0.25) is 0 Å². The highest BCUT2D eigenvalue weighted by molar-refractivity contribution is 6.74. The zero-order chi connectivity index (χ0) is 18.1. The average molecular weight is 345 g/mol. The largest absolute Gasteiger partial charge is 0.444 e. The highest BCUT2D eigenvalue weighted by atomic mass is 28.4. The van der Waals surface area contributed by atoms with Crippen molar-refractivity contribution in [2.24, 2.45) is 0 Å². The molecule has 5 nitrogen and oxygen atoms in total. The summed E-state index contributed by atoms with van der Waals surface area (Å²) >= 11 is 0. The van der Waals surface area contributed by atoms with Gasteiger partial charge in [0, 0.05) is 25.7 Å². The van der Waals surface area contributed by atoms with E-state index in [-0.39, 0.29) is 23.3 Å². The van der Waals surface area contributed by atoms with Crippen molar-refractivity contribution in [3.8, 4) is 0 Å². The molecular formula is C17H36N2O3Si. The van der Waals surface area contributed by atoms with E-state index < -0.39 is 13.9 Å². The van der Waals surface area contributed by atoms with Gasteiger partial charge in [0.15, 0.2) is 8.32 Å². The number of nitrogens with zero attached hydrogens (tertiary/aromatic N) is 1. The molecule has 0 bridgehead atoms. The SMILES string of the molecule is CC(O[Si](C)(C)C(C)(C)C)[C@H]1CN(C(=O)OC(C)(C)C)CCN1. The lowest BCUT2D eigenvalue weighted by Gasteiger charge is -2.43. The van der Waals surface area contributed by atoms with Crippen molar-refractivity contribution in [1.29, 1.82) is 0 Å². The number of nitrogens with one attached hydrogen (secondary N) is 1. The second-order valence-corrected chi connectivity index (χ2v) is 13.8. The second-order valence-electron chi connectivity index (χ2n) is 9.07. The third-order valence-corrected chi connectivity index (χ3v) is 9.28. The minimum Gasteiger partial charge on any atom is -0.444 e. The summed E-state index contributed by atoms with van der Waals surface area (Å²) in [6.07, 6.45) is -0.162. The van der Waals surface area contributed by atoms with E-state index in [9.17, 15) is 4.79 Å². The molecule has 1 saturated heterocycles. The summed E-state index contributed by atoms with van der Waals surface area (Å²) in [5, 5.41) is 3.67. The van der Waals surface area contributed by atoms with Crippen LogP contribution in [-0.2, 0) is 9.16 Å². The van der Waals surface area contributed by atoms with E-state index in [4.69, 9.17) is 9.16 Å². The zero-order valence-electron chi connectivity index (χ0n) is 16.4. The number of hydrogen-bond acceptors (Lipinski definition) is 4. The molecular weight excluding hydrogens is 308 g/mol. The maximum absolute atomic E-state index is 12.3. The molecule has 0 spiro atoms. The summed E-state index contributed by atoms with van der Waals surface area (Å²) in [7, 11) is -1.81. The molecule has 23 heavy (non-hydrogen) atoms. The number of amides is 1. The van der Waals surface area contributed by atoms with E-state index in [0.29, 0.717) is 13.1 Å². The van der Waals surface area contributed by atoms with Crippen molar-refractivity contribution in [3.63, 3.8) is 0 Å². The van der Waals surface area contributed by atoms with E-state index in [0.717, 1.165) is 6.54 Å². The van der Waals surface area contributed by atoms with Gasteiger partial charge in [0.25, 0.3) is 0 Å². The Morgan fingerprint density at radius 3 is 2.26 bits per heavy atom. The van der Waals surface area contributed by atoms with E-state index in [1.165, 1.54) is 0 Å². The molecule has 1 aliphatic heterocycles. The minimum atomic E-state index is -1.81. The standard InChI is InChI=1S/C17H36N2O3Si/c1-13(22-23(8,9)17(5,6)7)14-12-19(11-10-18-14)15(20)21-16(2,3)4/h13-14,18H,10-12H2,1-9H3/t13?,14-/m1/s1. The Morgan fingerprint density at radius 1 is 1.22 bits per heavy atom. The summed E-state index contributed by atoms with van der Waals surface area (Å²) in [5.41, 5.74) is -0.458. The quantitative estimate of drug-likeness (QED) is 0.795. The van der Waals surface area contributed by atoms with Gasteiger partial charge in [0.05, 0.1) is 6.10 Å². The molecule has 1 unspecified atom stereocenters. The fourth-order valence-corrected chi connectivity index (χ4v) is 3.76. The van der Waals surface area contributed by atoms with Crippen LogP contribution in [0.15, 0.2) is 0 Å². The predicted molar refractivity (Wildman–Crippen MR) is 97.3 cm³/mol. The maximum atomic E-state index is 12.3. The second kappa shape index (κ2) is 7.11. The van der Waals surface area contributed by atoms with Crippen LogP contribution in [0.4, 0.5) is 4.79 Å². The number of carbonyl (C=O) groups is 1. The Balaban J connectivity index is 2.66. The van der Waals surface area contributed by atoms with Gasteiger partial charge in [-0.1, -0.05) is 20.8 Å². The van der Waals surface area contributed by atoms with Crippen LogP contribution in [0.2, 0.25) is 18.1 Å². The van der Waals surface area contributed by atoms with Gasteiger partial charge in [-0.05, 0) is 45.8 Å². The summed E-state index contributed by atoms with van der Waals surface area (Å²) < 4.78 is 12.0. The van der Waals surface area contributed by atoms with Gasteiger partial charge in [-0.15, -0.1) is 0 Å². The predicted octanol–water partition coefficient (Wildman–Crippen LogP) is 3.61. The smallest absolute Gasteiger partial charge is 0.410 e. The summed E-state index contributed by atoms with van der Waals surface area (Å²) in [6, 6.07) is 0.144. The zero-order valence-corrected chi connectivity index (χ0v) is 17.4. The van der Waals surface area contributed by atoms with Crippen LogP contribution in [0.1, 0.15) is 48.5 Å². The van der Waals surface area contributed by atoms with Gasteiger partial charge in [0.1, 0.15) is 5.60 Å². The number of ether oxygens (including phenoxy) is 1. The van der Waals surface area contributed by atoms with Crippen molar-refractivity contribution in [2.45, 2.75) is 84.3 Å². The highest BCUT2D eigenvalue weighted by Crippen LogP contribution is 2.37. The first-order chi connectivity index (χ1) is 10.2. The van der Waals surface area contributed by atoms with Crippen molar-refractivity contribution >= 4 is 14.4 Å². The summed E-state index contributed by atoms with van der Waals surface area (Å²) in [4.78, 5) is 14.1. The third kappa shape index (κ3) is 6.08. The van der Waals surface area contributed by atoms with Gasteiger partial charge >= 0.3 is 6.09 Å². The molecule has 1 aliphatic rings. The molecule has 6 heteroatoms. The number of hydrogen-bond donors (Lipinski definition) is 1. The van der Waals surface area contributed by atoms with Gasteiger partial charge in [-0.2, -0.15) is 0 Å². The third-order valence-electron chi connectivity index (χ3n) is 4.71. The minimum absolute atomic E-state index is 0.0705. The molecule has 0 saturated carbocycles. The van der Waals surface area contributed by atoms with Crippen LogP contribution in [0, 0.1) is 0 Å². The maximum Gasteiger partial charge on any atom is 0.410 e. The Labute approximate surface area is 143 Å². The normalized spacial score (nSPS) is 22.0. The fraction of sp³-hybridized carbons (Fsp3) is 0.941. The average Bonchev–Trinajstić information content (AvgIpc) is 2.35. The van der Waals surface area contributed by atoms with Crippen molar-refractivity contribution < 1.29 is 14.0 Å². The van der Waals surface area contributed by atoms with Crippen molar-refractivity contribution in [3.05, 3.63) is 0 Å². The van der Waals surface area contributed by atoms with Crippen molar-refractivity contribution in [1.82, 2.24) is 10.2 Å². The van der Waals surface area contributed by atoms with Crippen LogP contribution in [-0.4, -0.2) is 56.7 Å². The van der Waals surface area contributed by atoms with Crippen LogP contribution < -0.4 is 5.32 Å². The molecule has 0 aromatic heterocycles. The van der Waals surface area contributed by atoms with E-state index >= 15 is 0 Å². The topological polar surface area (TPSA) is 50.8 Å². The number of rotatable bonds is 3. The monoisotopic (exact) mass is 344 g/mol. The van der Waals surface area contributed by atoms with Crippen LogP contribution in [0.5, 0.6) is 0 Å². The molecule has 1 amide bonds. The van der Waals surface area contributed by atoms with Crippen LogP contribution >= 0.6 is 0 Å². The van der Waals surface area contributed by atoms with Crippen LogP contribution in [0.3, 0.4) is 0 Å². The molecule has 1 fully saturated rings. The highest BCUT2D eigenvalue weighted by Gasteiger charge is 2.40. The lowest BCUT2D eigenvalue weighted by Crippen LogP contribution is -2.59.